The molecule has 3 heteroatoms. The van der Waals surface area contributed by atoms with Crippen molar-refractivity contribution in [3.8, 4) is 23.8 Å². The van der Waals surface area contributed by atoms with Crippen LogP contribution in [0.15, 0.2) is 18.2 Å². The van der Waals surface area contributed by atoms with Crippen molar-refractivity contribution in [2.24, 2.45) is 0 Å². The maximum absolute atomic E-state index is 5.82. The van der Waals surface area contributed by atoms with E-state index in [9.17, 15) is 0 Å². The molecule has 3 nitrogen and oxygen atoms in total. The van der Waals surface area contributed by atoms with Crippen molar-refractivity contribution in [1.29, 1.82) is 0 Å². The molecule has 0 saturated heterocycles. The number of terminal acetylenes is 1. The first kappa shape index (κ1) is 13.8. The van der Waals surface area contributed by atoms with Gasteiger partial charge in [0.25, 0.3) is 0 Å². The van der Waals surface area contributed by atoms with Crippen molar-refractivity contribution in [2.75, 3.05) is 13.7 Å². The Morgan fingerprint density at radius 3 is 2.95 bits per heavy atom. The molecule has 102 valence electrons. The highest BCUT2D eigenvalue weighted by molar-refractivity contribution is 5.40. The quantitative estimate of drug-likeness (QED) is 0.575. The van der Waals surface area contributed by atoms with Crippen LogP contribution in [0.3, 0.4) is 0 Å². The van der Waals surface area contributed by atoms with Gasteiger partial charge in [-0.25, -0.2) is 0 Å². The number of ether oxygens (including phenoxy) is 2. The summed E-state index contributed by atoms with van der Waals surface area (Å²) in [4.78, 5) is 0. The summed E-state index contributed by atoms with van der Waals surface area (Å²) in [5.41, 5.74) is 1.17. The average Bonchev–Trinajstić information content (AvgIpc) is 3.26. The zero-order chi connectivity index (χ0) is 13.5. The summed E-state index contributed by atoms with van der Waals surface area (Å²) in [6.07, 6.45) is 9.44. The first-order chi connectivity index (χ1) is 9.33. The van der Waals surface area contributed by atoms with Crippen LogP contribution < -0.4 is 14.8 Å². The van der Waals surface area contributed by atoms with E-state index in [4.69, 9.17) is 15.9 Å². The van der Waals surface area contributed by atoms with Crippen LogP contribution in [0.1, 0.15) is 31.2 Å². The molecule has 1 saturated carbocycles. The number of methoxy groups -OCH3 is 1. The Morgan fingerprint density at radius 2 is 2.26 bits per heavy atom. The maximum Gasteiger partial charge on any atom is 0.127 e. The molecule has 0 atom stereocenters. The van der Waals surface area contributed by atoms with Gasteiger partial charge in [-0.3, -0.25) is 0 Å². The SMILES string of the molecule is C#CCCCOc1cc(OC)ccc1CNC1CC1. The fourth-order valence-corrected chi connectivity index (χ4v) is 1.84. The van der Waals surface area contributed by atoms with Crippen molar-refractivity contribution in [1.82, 2.24) is 5.32 Å². The van der Waals surface area contributed by atoms with Crippen molar-refractivity contribution in [3.63, 3.8) is 0 Å². The standard InChI is InChI=1S/C16H21NO2/c1-3-4-5-10-19-16-11-15(18-2)9-6-13(16)12-17-14-7-8-14/h1,6,9,11,14,17H,4-5,7-8,10,12H2,2H3. The second kappa shape index (κ2) is 7.06. The number of unbranched alkanes of at least 4 members (excludes halogenated alkanes) is 1. The van der Waals surface area contributed by atoms with Gasteiger partial charge in [-0.1, -0.05) is 6.07 Å². The molecule has 0 aliphatic heterocycles. The van der Waals surface area contributed by atoms with Gasteiger partial charge in [0.15, 0.2) is 0 Å². The first-order valence-corrected chi connectivity index (χ1v) is 6.80. The molecular weight excluding hydrogens is 238 g/mol. The highest BCUT2D eigenvalue weighted by atomic mass is 16.5. The first-order valence-electron chi connectivity index (χ1n) is 6.80. The fraction of sp³-hybridized carbons (Fsp3) is 0.500. The van der Waals surface area contributed by atoms with E-state index in [1.54, 1.807) is 7.11 Å². The predicted molar refractivity (Wildman–Crippen MR) is 76.4 cm³/mol. The van der Waals surface area contributed by atoms with E-state index >= 15 is 0 Å². The highest BCUT2D eigenvalue weighted by Gasteiger charge is 2.20. The van der Waals surface area contributed by atoms with Crippen LogP contribution in [0.5, 0.6) is 11.5 Å². The molecule has 0 aromatic heterocycles. The summed E-state index contributed by atoms with van der Waals surface area (Å²) in [5, 5.41) is 3.50. The van der Waals surface area contributed by atoms with Gasteiger partial charge in [0.1, 0.15) is 11.5 Å². The topological polar surface area (TPSA) is 30.5 Å². The molecule has 0 bridgehead atoms. The number of nitrogens with one attached hydrogen (secondary N) is 1. The Bertz CT molecular complexity index is 447. The van der Waals surface area contributed by atoms with Gasteiger partial charge in [-0.15, -0.1) is 12.3 Å². The number of benzene rings is 1. The van der Waals surface area contributed by atoms with Gasteiger partial charge in [-0.2, -0.15) is 0 Å². The van der Waals surface area contributed by atoms with Gasteiger partial charge >= 0.3 is 0 Å². The summed E-state index contributed by atoms with van der Waals surface area (Å²) in [5.74, 6) is 4.34. The van der Waals surface area contributed by atoms with Gasteiger partial charge in [0.2, 0.25) is 0 Å². The third-order valence-corrected chi connectivity index (χ3v) is 3.16. The van der Waals surface area contributed by atoms with Crippen molar-refractivity contribution in [2.45, 2.75) is 38.3 Å². The van der Waals surface area contributed by atoms with E-state index < -0.39 is 0 Å². The number of hydrogen-bond acceptors (Lipinski definition) is 3. The molecule has 1 aromatic rings. The molecule has 0 unspecified atom stereocenters. The minimum atomic E-state index is 0.647. The minimum Gasteiger partial charge on any atom is -0.497 e. The van der Waals surface area contributed by atoms with E-state index in [2.05, 4.69) is 17.3 Å². The average molecular weight is 259 g/mol. The van der Waals surface area contributed by atoms with E-state index in [1.807, 2.05) is 12.1 Å². The third-order valence-electron chi connectivity index (χ3n) is 3.16. The highest BCUT2D eigenvalue weighted by Crippen LogP contribution is 2.26. The van der Waals surface area contributed by atoms with Crippen molar-refractivity contribution in [3.05, 3.63) is 23.8 Å². The normalized spacial score (nSPS) is 13.9. The largest absolute Gasteiger partial charge is 0.497 e. The molecule has 0 amide bonds. The Kier molecular flexibility index (Phi) is 5.11. The van der Waals surface area contributed by atoms with Crippen LogP contribution in [-0.2, 0) is 6.54 Å². The molecule has 1 aromatic carbocycles. The smallest absolute Gasteiger partial charge is 0.127 e. The van der Waals surface area contributed by atoms with Crippen molar-refractivity contribution >= 4 is 0 Å². The second-order valence-electron chi connectivity index (χ2n) is 4.78. The third kappa shape index (κ3) is 4.50. The Morgan fingerprint density at radius 1 is 1.42 bits per heavy atom. The maximum atomic E-state index is 5.82. The zero-order valence-electron chi connectivity index (χ0n) is 11.4. The summed E-state index contributed by atoms with van der Waals surface area (Å²) < 4.78 is 11.1. The molecule has 0 radical (unpaired) electrons. The van der Waals surface area contributed by atoms with Gasteiger partial charge in [0.05, 0.1) is 13.7 Å². The van der Waals surface area contributed by atoms with E-state index in [0.29, 0.717) is 12.6 Å². The van der Waals surface area contributed by atoms with Crippen LogP contribution in [-0.4, -0.2) is 19.8 Å². The van der Waals surface area contributed by atoms with Gasteiger partial charge in [0, 0.05) is 30.6 Å². The lowest BCUT2D eigenvalue weighted by atomic mass is 10.2. The number of hydrogen-bond donors (Lipinski definition) is 1. The van der Waals surface area contributed by atoms with Gasteiger partial charge in [-0.05, 0) is 25.3 Å². The molecule has 1 aliphatic rings. The minimum absolute atomic E-state index is 0.647. The molecule has 1 N–H and O–H groups in total. The van der Waals surface area contributed by atoms with Crippen LogP contribution >= 0.6 is 0 Å². The van der Waals surface area contributed by atoms with E-state index in [1.165, 1.54) is 18.4 Å². The molecule has 1 aliphatic carbocycles. The molecule has 0 spiro atoms. The zero-order valence-corrected chi connectivity index (χ0v) is 11.4. The molecule has 0 heterocycles. The van der Waals surface area contributed by atoms with E-state index in [0.717, 1.165) is 30.9 Å². The molecule has 1 fully saturated rings. The van der Waals surface area contributed by atoms with Crippen LogP contribution in [0.2, 0.25) is 0 Å². The van der Waals surface area contributed by atoms with E-state index in [-0.39, 0.29) is 0 Å². The lowest BCUT2D eigenvalue weighted by Crippen LogP contribution is -2.16. The molecule has 2 rings (SSSR count). The second-order valence-corrected chi connectivity index (χ2v) is 4.78. The summed E-state index contributed by atoms with van der Waals surface area (Å²) in [6, 6.07) is 6.67. The molecular formula is C16H21NO2. The monoisotopic (exact) mass is 259 g/mol. The Balaban J connectivity index is 1.95. The van der Waals surface area contributed by atoms with Crippen LogP contribution in [0.4, 0.5) is 0 Å². The van der Waals surface area contributed by atoms with Gasteiger partial charge < -0.3 is 14.8 Å². The fourth-order valence-electron chi connectivity index (χ4n) is 1.84. The van der Waals surface area contributed by atoms with Crippen LogP contribution in [0, 0.1) is 12.3 Å². The number of rotatable bonds is 8. The summed E-state index contributed by atoms with van der Waals surface area (Å²) >= 11 is 0. The molecule has 19 heavy (non-hydrogen) atoms. The Labute approximate surface area is 115 Å². The summed E-state index contributed by atoms with van der Waals surface area (Å²) in [6.45, 7) is 1.49. The predicted octanol–water partition coefficient (Wildman–Crippen LogP) is 2.74. The lowest BCUT2D eigenvalue weighted by molar-refractivity contribution is 0.306. The van der Waals surface area contributed by atoms with Crippen molar-refractivity contribution < 1.29 is 9.47 Å². The van der Waals surface area contributed by atoms with Crippen LogP contribution in [0.25, 0.3) is 0 Å². The Hall–Kier alpha value is -1.66. The lowest BCUT2D eigenvalue weighted by Gasteiger charge is -2.13. The summed E-state index contributed by atoms with van der Waals surface area (Å²) in [7, 11) is 1.67.